The highest BCUT2D eigenvalue weighted by Crippen LogP contribution is 2.45. The van der Waals surface area contributed by atoms with Gasteiger partial charge in [-0.05, 0) is 40.5 Å². The molecule has 0 radical (unpaired) electrons. The number of ether oxygens (including phenoxy) is 5. The predicted molar refractivity (Wildman–Crippen MR) is 167 cm³/mol. The first-order valence-electron chi connectivity index (χ1n) is 14.8. The fraction of sp³-hybridized carbons (Fsp3) is 0.333. The molecule has 1 heterocycles. The van der Waals surface area contributed by atoms with Crippen LogP contribution in [0, 0.1) is 17.6 Å². The number of methoxy groups -OCH3 is 2. The summed E-state index contributed by atoms with van der Waals surface area (Å²) in [6.07, 6.45) is -2.07. The molecule has 1 aliphatic heterocycles. The fourth-order valence-electron chi connectivity index (χ4n) is 5.79. The van der Waals surface area contributed by atoms with Crippen molar-refractivity contribution in [1.82, 2.24) is 0 Å². The number of halogens is 3. The summed E-state index contributed by atoms with van der Waals surface area (Å²) in [5, 5.41) is 10.8. The molecule has 4 aromatic rings. The van der Waals surface area contributed by atoms with Crippen LogP contribution in [0.1, 0.15) is 34.7 Å². The highest BCUT2D eigenvalue weighted by Gasteiger charge is 2.56. The minimum atomic E-state index is -1.56. The van der Waals surface area contributed by atoms with Crippen molar-refractivity contribution < 1.29 is 37.6 Å². The van der Waals surface area contributed by atoms with E-state index in [9.17, 15) is 13.9 Å². The molecule has 0 unspecified atom stereocenters. The van der Waals surface area contributed by atoms with Crippen LogP contribution in [0.4, 0.5) is 8.78 Å². The lowest BCUT2D eigenvalue weighted by Crippen LogP contribution is -2.62. The van der Waals surface area contributed by atoms with Gasteiger partial charge >= 0.3 is 0 Å². The van der Waals surface area contributed by atoms with Crippen LogP contribution < -0.4 is 4.74 Å². The van der Waals surface area contributed by atoms with Gasteiger partial charge in [0, 0.05) is 30.0 Å². The Bertz CT molecular complexity index is 1560. The molecular weight excluding hydrogens is 602 g/mol. The Morgan fingerprint density at radius 2 is 1.47 bits per heavy atom. The minimum Gasteiger partial charge on any atom is -0.494 e. The summed E-state index contributed by atoms with van der Waals surface area (Å²) in [6.45, 7) is 2.19. The monoisotopic (exact) mass is 638 g/mol. The Morgan fingerprint density at radius 3 is 2.07 bits per heavy atom. The van der Waals surface area contributed by atoms with Crippen molar-refractivity contribution in [1.29, 1.82) is 0 Å². The van der Waals surface area contributed by atoms with Gasteiger partial charge in [0.25, 0.3) is 0 Å². The summed E-state index contributed by atoms with van der Waals surface area (Å²) in [4.78, 5) is 0. The van der Waals surface area contributed by atoms with E-state index in [4.69, 9.17) is 35.3 Å². The molecule has 5 rings (SSSR count). The molecule has 9 heteroatoms. The van der Waals surface area contributed by atoms with Crippen LogP contribution in [0.5, 0.6) is 5.75 Å². The molecule has 0 spiro atoms. The van der Waals surface area contributed by atoms with Crippen molar-refractivity contribution in [2.45, 2.75) is 50.7 Å². The summed E-state index contributed by atoms with van der Waals surface area (Å²) in [5.41, 5.74) is 3.06. The molecule has 0 saturated carbocycles. The standard InChI is InChI=1S/C36H37ClF2O6/c1-23-31(20-40)45-36(42-3,28-15-16-29(37)27(19-28)18-26-14-17-30(41-2)33(39)32(26)38)35(44-22-25-12-8-5-9-13-25)34(23)43-21-24-10-6-4-7-11-24/h4-17,19,23,31,34-35,40H,18,20-22H2,1-3H3/t23-,31-,34+,35-,36+/m1/s1. The maximum Gasteiger partial charge on any atom is 0.224 e. The van der Waals surface area contributed by atoms with Gasteiger partial charge in [0.2, 0.25) is 11.6 Å². The van der Waals surface area contributed by atoms with Gasteiger partial charge in [-0.25, -0.2) is 4.39 Å². The first-order valence-corrected chi connectivity index (χ1v) is 15.1. The largest absolute Gasteiger partial charge is 0.494 e. The second-order valence-corrected chi connectivity index (χ2v) is 11.5. The van der Waals surface area contributed by atoms with Crippen LogP contribution in [0.15, 0.2) is 91.0 Å². The Morgan fingerprint density at radius 1 is 0.822 bits per heavy atom. The van der Waals surface area contributed by atoms with Crippen LogP contribution in [0.3, 0.4) is 0 Å². The van der Waals surface area contributed by atoms with Gasteiger partial charge in [-0.3, -0.25) is 0 Å². The molecule has 1 N–H and O–H groups in total. The SMILES string of the molecule is COc1ccc(Cc2cc([C@]3(OC)O[C@H](CO)[C@@H](C)[C@H](OCc4ccccc4)[C@H]3OCc3ccccc3)ccc2Cl)c(F)c1F. The van der Waals surface area contributed by atoms with Gasteiger partial charge in [0.1, 0.15) is 6.10 Å². The summed E-state index contributed by atoms with van der Waals surface area (Å²) >= 11 is 6.61. The Hall–Kier alpha value is -3.37. The van der Waals surface area contributed by atoms with Crippen molar-refractivity contribution in [2.24, 2.45) is 5.92 Å². The van der Waals surface area contributed by atoms with E-state index in [2.05, 4.69) is 0 Å². The van der Waals surface area contributed by atoms with E-state index in [1.807, 2.05) is 67.6 Å². The summed E-state index contributed by atoms with van der Waals surface area (Å²) < 4.78 is 60.5. The van der Waals surface area contributed by atoms with Gasteiger partial charge in [-0.2, -0.15) is 4.39 Å². The molecule has 0 aromatic heterocycles. The molecule has 0 bridgehead atoms. The molecule has 45 heavy (non-hydrogen) atoms. The van der Waals surface area contributed by atoms with Crippen LogP contribution >= 0.6 is 11.6 Å². The second kappa shape index (κ2) is 14.8. The summed E-state index contributed by atoms with van der Waals surface area (Å²) in [7, 11) is 2.78. The molecule has 1 saturated heterocycles. The van der Waals surface area contributed by atoms with Crippen LogP contribution in [0.2, 0.25) is 5.02 Å². The van der Waals surface area contributed by atoms with E-state index >= 15 is 0 Å². The third-order valence-corrected chi connectivity index (χ3v) is 8.69. The first-order chi connectivity index (χ1) is 21.8. The summed E-state index contributed by atoms with van der Waals surface area (Å²) in [5.74, 6) is -4.11. The van der Waals surface area contributed by atoms with E-state index in [1.54, 1.807) is 18.2 Å². The third kappa shape index (κ3) is 7.07. The number of hydrogen-bond donors (Lipinski definition) is 1. The van der Waals surface area contributed by atoms with Gasteiger partial charge in [0.05, 0.1) is 39.1 Å². The molecule has 238 valence electrons. The highest BCUT2D eigenvalue weighted by atomic mass is 35.5. The molecule has 0 amide bonds. The molecule has 1 fully saturated rings. The van der Waals surface area contributed by atoms with Crippen molar-refractivity contribution in [3.63, 3.8) is 0 Å². The average molecular weight is 639 g/mol. The zero-order chi connectivity index (χ0) is 32.0. The normalized spacial score (nSPS) is 23.2. The number of aliphatic hydroxyl groups is 1. The number of benzene rings is 4. The molecule has 1 aliphatic rings. The van der Waals surface area contributed by atoms with Gasteiger partial charge in [0.15, 0.2) is 11.6 Å². The third-order valence-electron chi connectivity index (χ3n) is 8.32. The van der Waals surface area contributed by atoms with Crippen LogP contribution in [-0.2, 0) is 44.4 Å². The van der Waals surface area contributed by atoms with Crippen molar-refractivity contribution in [3.05, 3.63) is 135 Å². The predicted octanol–water partition coefficient (Wildman–Crippen LogP) is 7.21. The fourth-order valence-corrected chi connectivity index (χ4v) is 5.97. The number of hydrogen-bond acceptors (Lipinski definition) is 6. The van der Waals surface area contributed by atoms with Gasteiger partial charge in [-0.1, -0.05) is 91.3 Å². The average Bonchev–Trinajstić information content (AvgIpc) is 3.07. The van der Waals surface area contributed by atoms with Crippen molar-refractivity contribution >= 4 is 11.6 Å². The van der Waals surface area contributed by atoms with Crippen molar-refractivity contribution in [3.8, 4) is 5.75 Å². The van der Waals surface area contributed by atoms with Crippen LogP contribution in [0.25, 0.3) is 0 Å². The molecule has 4 aromatic carbocycles. The zero-order valence-corrected chi connectivity index (χ0v) is 26.2. The smallest absolute Gasteiger partial charge is 0.224 e. The van der Waals surface area contributed by atoms with Crippen LogP contribution in [-0.4, -0.2) is 44.2 Å². The number of aliphatic hydroxyl groups excluding tert-OH is 1. The molecule has 5 atom stereocenters. The Kier molecular flexibility index (Phi) is 10.9. The summed E-state index contributed by atoms with van der Waals surface area (Å²) in [6, 6.07) is 27.5. The topological polar surface area (TPSA) is 66.4 Å². The lowest BCUT2D eigenvalue weighted by molar-refractivity contribution is -0.372. The van der Waals surface area contributed by atoms with Crippen molar-refractivity contribution in [2.75, 3.05) is 20.8 Å². The van der Waals surface area contributed by atoms with E-state index in [1.165, 1.54) is 26.4 Å². The van der Waals surface area contributed by atoms with Gasteiger partial charge < -0.3 is 28.8 Å². The highest BCUT2D eigenvalue weighted by molar-refractivity contribution is 6.31. The zero-order valence-electron chi connectivity index (χ0n) is 25.4. The Labute approximate surface area is 267 Å². The maximum atomic E-state index is 15.0. The second-order valence-electron chi connectivity index (χ2n) is 11.1. The van der Waals surface area contributed by atoms with E-state index in [0.717, 1.165) is 11.1 Å². The van der Waals surface area contributed by atoms with E-state index < -0.39 is 35.7 Å². The maximum absolute atomic E-state index is 15.0. The van der Waals surface area contributed by atoms with E-state index in [-0.39, 0.29) is 36.9 Å². The quantitative estimate of drug-likeness (QED) is 0.177. The van der Waals surface area contributed by atoms with Gasteiger partial charge in [-0.15, -0.1) is 0 Å². The minimum absolute atomic E-state index is 0.0114. The lowest BCUT2D eigenvalue weighted by atomic mass is 9.82. The Balaban J connectivity index is 1.56. The first kappa shape index (κ1) is 33.0. The number of rotatable bonds is 12. The molecule has 6 nitrogen and oxygen atoms in total. The van der Waals surface area contributed by atoms with E-state index in [0.29, 0.717) is 22.8 Å². The molecule has 0 aliphatic carbocycles. The molecular formula is C36H37ClF2O6. The lowest BCUT2D eigenvalue weighted by Gasteiger charge is -2.51.